The maximum Gasteiger partial charge on any atom is 0.311 e. The van der Waals surface area contributed by atoms with E-state index in [-0.39, 0.29) is 29.4 Å². The van der Waals surface area contributed by atoms with Gasteiger partial charge in [0.15, 0.2) is 0 Å². The van der Waals surface area contributed by atoms with E-state index < -0.39 is 11.7 Å². The first kappa shape index (κ1) is 19.3. The van der Waals surface area contributed by atoms with Gasteiger partial charge in [-0.2, -0.15) is 0 Å². The molecule has 1 amide bonds. The van der Waals surface area contributed by atoms with Gasteiger partial charge in [0.1, 0.15) is 5.82 Å². The third kappa shape index (κ3) is 3.97. The molecule has 1 saturated heterocycles. The lowest BCUT2D eigenvalue weighted by Crippen LogP contribution is -2.54. The quantitative estimate of drug-likeness (QED) is 0.750. The molecule has 1 unspecified atom stereocenters. The molecular weight excluding hydrogens is 345 g/mol. The van der Waals surface area contributed by atoms with Gasteiger partial charge in [-0.1, -0.05) is 36.4 Å². The van der Waals surface area contributed by atoms with Crippen LogP contribution in [0.15, 0.2) is 42.5 Å². The lowest BCUT2D eigenvalue weighted by Gasteiger charge is -2.44. The van der Waals surface area contributed by atoms with Gasteiger partial charge >= 0.3 is 5.97 Å². The molecule has 2 aliphatic rings. The Labute approximate surface area is 159 Å². The number of halogens is 1. The van der Waals surface area contributed by atoms with Crippen molar-refractivity contribution in [2.24, 2.45) is 11.8 Å². The topological polar surface area (TPSA) is 46.6 Å². The third-order valence-electron chi connectivity index (χ3n) is 5.42. The molecule has 3 rings (SSSR count). The lowest BCUT2D eigenvalue weighted by atomic mass is 9.78. The minimum absolute atomic E-state index is 0.0146. The highest BCUT2D eigenvalue weighted by atomic mass is 19.1. The number of benzene rings is 1. The van der Waals surface area contributed by atoms with Gasteiger partial charge in [-0.15, -0.1) is 0 Å². The summed E-state index contributed by atoms with van der Waals surface area (Å²) in [5.74, 6) is -1.51. The van der Waals surface area contributed by atoms with Gasteiger partial charge in [0, 0.05) is 12.5 Å². The number of esters is 1. The fraction of sp³-hybridized carbons (Fsp3) is 0.455. The molecule has 1 heterocycles. The Morgan fingerprint density at radius 2 is 2.11 bits per heavy atom. The first-order valence-corrected chi connectivity index (χ1v) is 9.60. The standard InChI is InChI=1S/C22H26FNO3/c1-3-27-22(26)17-12-8-14-24(20(17)16-10-5-4-6-11-16)21(25)19-15(2)9-7-13-18(19)23/h4-7,9-10,13,16-17,20H,3,8,11-12,14H2,1-2H3/t16-,17+,20?/m1/s1. The molecule has 1 aromatic rings. The first-order chi connectivity index (χ1) is 13.0. The van der Waals surface area contributed by atoms with E-state index in [1.807, 2.05) is 24.3 Å². The van der Waals surface area contributed by atoms with Crippen LogP contribution in [0, 0.1) is 24.6 Å². The molecule has 0 bridgehead atoms. The molecule has 0 spiro atoms. The average molecular weight is 371 g/mol. The molecule has 1 aliphatic heterocycles. The Balaban J connectivity index is 1.98. The fourth-order valence-electron chi connectivity index (χ4n) is 4.19. The number of ether oxygens (including phenoxy) is 1. The van der Waals surface area contributed by atoms with Gasteiger partial charge in [-0.25, -0.2) is 4.39 Å². The molecule has 5 heteroatoms. The number of rotatable bonds is 4. The number of carbonyl (C=O) groups is 2. The molecule has 3 atom stereocenters. The number of amides is 1. The molecule has 0 saturated carbocycles. The van der Waals surface area contributed by atoms with E-state index in [1.54, 1.807) is 30.9 Å². The Bertz CT molecular complexity index is 751. The summed E-state index contributed by atoms with van der Waals surface area (Å²) in [7, 11) is 0. The summed E-state index contributed by atoms with van der Waals surface area (Å²) in [6, 6.07) is 4.32. The zero-order valence-electron chi connectivity index (χ0n) is 15.9. The molecule has 4 nitrogen and oxygen atoms in total. The third-order valence-corrected chi connectivity index (χ3v) is 5.42. The summed E-state index contributed by atoms with van der Waals surface area (Å²) in [5.41, 5.74) is 0.707. The zero-order chi connectivity index (χ0) is 19.4. The zero-order valence-corrected chi connectivity index (χ0v) is 15.9. The Hall–Kier alpha value is -2.43. The number of likely N-dealkylation sites (tertiary alicyclic amines) is 1. The first-order valence-electron chi connectivity index (χ1n) is 9.60. The number of allylic oxidation sites excluding steroid dienone is 3. The SMILES string of the molecule is CCOC(=O)[C@H]1CCCN(C(=O)c2c(C)cccc2F)C1[C@@H]1C=CC=CC1. The number of hydrogen-bond acceptors (Lipinski definition) is 3. The van der Waals surface area contributed by atoms with E-state index in [4.69, 9.17) is 4.74 Å². The number of piperidine rings is 1. The van der Waals surface area contributed by atoms with Crippen LogP contribution >= 0.6 is 0 Å². The number of hydrogen-bond donors (Lipinski definition) is 0. The van der Waals surface area contributed by atoms with Gasteiger partial charge < -0.3 is 9.64 Å². The molecule has 0 radical (unpaired) electrons. The molecule has 144 valence electrons. The van der Waals surface area contributed by atoms with Crippen LogP contribution in [0.2, 0.25) is 0 Å². The lowest BCUT2D eigenvalue weighted by molar-refractivity contribution is -0.152. The van der Waals surface area contributed by atoms with Crippen LogP contribution in [0.1, 0.15) is 42.1 Å². The normalized spacial score (nSPS) is 24.7. The van der Waals surface area contributed by atoms with Crippen molar-refractivity contribution < 1.29 is 18.7 Å². The van der Waals surface area contributed by atoms with Crippen LogP contribution in [0.3, 0.4) is 0 Å². The predicted octanol–water partition coefficient (Wildman–Crippen LogP) is 4.05. The van der Waals surface area contributed by atoms with E-state index in [0.29, 0.717) is 31.6 Å². The maximum atomic E-state index is 14.4. The van der Waals surface area contributed by atoms with E-state index in [2.05, 4.69) is 0 Å². The van der Waals surface area contributed by atoms with E-state index in [0.717, 1.165) is 6.42 Å². The molecule has 1 aliphatic carbocycles. The number of carbonyl (C=O) groups excluding carboxylic acids is 2. The van der Waals surface area contributed by atoms with E-state index in [1.165, 1.54) is 6.07 Å². The summed E-state index contributed by atoms with van der Waals surface area (Å²) in [4.78, 5) is 27.6. The van der Waals surface area contributed by atoms with Gasteiger partial charge in [-0.05, 0) is 44.7 Å². The predicted molar refractivity (Wildman–Crippen MR) is 102 cm³/mol. The number of nitrogens with zero attached hydrogens (tertiary/aromatic N) is 1. The summed E-state index contributed by atoms with van der Waals surface area (Å²) < 4.78 is 19.7. The van der Waals surface area contributed by atoms with Crippen molar-refractivity contribution >= 4 is 11.9 Å². The smallest absolute Gasteiger partial charge is 0.311 e. The van der Waals surface area contributed by atoms with Gasteiger partial charge in [0.05, 0.1) is 24.1 Å². The molecule has 27 heavy (non-hydrogen) atoms. The van der Waals surface area contributed by atoms with Crippen molar-refractivity contribution in [3.8, 4) is 0 Å². The monoisotopic (exact) mass is 371 g/mol. The highest BCUT2D eigenvalue weighted by molar-refractivity contribution is 5.96. The second kappa shape index (κ2) is 8.51. The van der Waals surface area contributed by atoms with Crippen molar-refractivity contribution in [1.29, 1.82) is 0 Å². The van der Waals surface area contributed by atoms with Crippen LogP contribution in [-0.4, -0.2) is 36.0 Å². The van der Waals surface area contributed by atoms with Crippen LogP contribution in [-0.2, 0) is 9.53 Å². The van der Waals surface area contributed by atoms with Crippen LogP contribution < -0.4 is 0 Å². The van der Waals surface area contributed by atoms with Crippen LogP contribution in [0.4, 0.5) is 4.39 Å². The minimum Gasteiger partial charge on any atom is -0.466 e. The van der Waals surface area contributed by atoms with Crippen molar-refractivity contribution in [2.45, 2.75) is 39.2 Å². The summed E-state index contributed by atoms with van der Waals surface area (Å²) in [6.07, 6.45) is 10.1. The number of aryl methyl sites for hydroxylation is 1. The van der Waals surface area contributed by atoms with E-state index in [9.17, 15) is 14.0 Å². The molecular formula is C22H26FNO3. The van der Waals surface area contributed by atoms with Crippen LogP contribution in [0.5, 0.6) is 0 Å². The second-order valence-electron chi connectivity index (χ2n) is 7.13. The Morgan fingerprint density at radius 3 is 2.78 bits per heavy atom. The highest BCUT2D eigenvalue weighted by Crippen LogP contribution is 2.35. The molecule has 1 fully saturated rings. The largest absolute Gasteiger partial charge is 0.466 e. The molecule has 0 aromatic heterocycles. The molecule has 1 aromatic carbocycles. The van der Waals surface area contributed by atoms with Crippen molar-refractivity contribution in [3.05, 3.63) is 59.4 Å². The highest BCUT2D eigenvalue weighted by Gasteiger charge is 2.43. The van der Waals surface area contributed by atoms with Gasteiger partial charge in [-0.3, -0.25) is 9.59 Å². The minimum atomic E-state index is -0.518. The second-order valence-corrected chi connectivity index (χ2v) is 7.13. The van der Waals surface area contributed by atoms with Crippen molar-refractivity contribution in [2.75, 3.05) is 13.2 Å². The Morgan fingerprint density at radius 1 is 1.30 bits per heavy atom. The summed E-state index contributed by atoms with van der Waals surface area (Å²) in [6.45, 7) is 4.34. The summed E-state index contributed by atoms with van der Waals surface area (Å²) in [5, 5.41) is 0. The summed E-state index contributed by atoms with van der Waals surface area (Å²) >= 11 is 0. The van der Waals surface area contributed by atoms with Crippen molar-refractivity contribution in [3.63, 3.8) is 0 Å². The van der Waals surface area contributed by atoms with Crippen LogP contribution in [0.25, 0.3) is 0 Å². The maximum absolute atomic E-state index is 14.4. The van der Waals surface area contributed by atoms with Gasteiger partial charge in [0.2, 0.25) is 0 Å². The van der Waals surface area contributed by atoms with E-state index >= 15 is 0 Å². The van der Waals surface area contributed by atoms with Gasteiger partial charge in [0.25, 0.3) is 5.91 Å². The fourth-order valence-corrected chi connectivity index (χ4v) is 4.19. The average Bonchev–Trinajstić information content (AvgIpc) is 2.68. The Kier molecular flexibility index (Phi) is 6.09. The van der Waals surface area contributed by atoms with Crippen molar-refractivity contribution in [1.82, 2.24) is 4.90 Å². The molecule has 0 N–H and O–H groups in total.